The first-order valence-electron chi connectivity index (χ1n) is 13.5. The van der Waals surface area contributed by atoms with Crippen molar-refractivity contribution in [2.75, 3.05) is 10.6 Å². The van der Waals surface area contributed by atoms with E-state index in [-0.39, 0.29) is 0 Å². The van der Waals surface area contributed by atoms with Crippen LogP contribution in [0.1, 0.15) is 51.4 Å². The molecule has 6 nitrogen and oxygen atoms in total. The molecule has 2 unspecified atom stereocenters. The van der Waals surface area contributed by atoms with Crippen LogP contribution in [0.4, 0.5) is 11.4 Å². The molecule has 0 radical (unpaired) electrons. The van der Waals surface area contributed by atoms with Crippen LogP contribution in [0.15, 0.2) is 60.9 Å². The van der Waals surface area contributed by atoms with E-state index in [9.17, 15) is 10.2 Å². The van der Waals surface area contributed by atoms with Gasteiger partial charge in [-0.25, -0.2) is 9.13 Å². The molecule has 2 aromatic carbocycles. The highest BCUT2D eigenvalue weighted by atomic mass is 127. The Morgan fingerprint density at radius 2 is 1.02 bits per heavy atom. The standard InChI is InChI=1S/C30H34Cl2I2N4O2/c1-37-17-13-25(23-11-9-21(31)19-27(23)37)35-29(33,39)15-7-5-3-4-6-8-16-30(34,40)36-26-14-18-38(2)28-20-22(32)10-12-24(26)28/h9-14,17-20,39-40H,3-8,15-16H2,1-2H3/p+2. The maximum atomic E-state index is 11.0. The number of hydrogen-bond acceptors (Lipinski definition) is 4. The number of hydrogen-bond donors (Lipinski definition) is 4. The Kier molecular flexibility index (Phi) is 11.0. The lowest BCUT2D eigenvalue weighted by Gasteiger charge is -2.25. The fraction of sp³-hybridized carbons (Fsp3) is 0.400. The maximum Gasteiger partial charge on any atom is 0.215 e. The third kappa shape index (κ3) is 8.67. The summed E-state index contributed by atoms with van der Waals surface area (Å²) in [6.07, 6.45) is 11.4. The number of halogens is 4. The third-order valence-corrected chi connectivity index (χ3v) is 9.20. The number of anilines is 2. The average molecular weight is 809 g/mol. The molecular weight excluding hydrogens is 773 g/mol. The SMILES string of the molecule is C[n+]1ccc(NC(O)(I)CCCCCCCCC(O)(I)Nc2cc[n+](C)c3cc(Cl)ccc23)c2ccc(Cl)cc21. The molecule has 4 N–H and O–H groups in total. The molecule has 4 aromatic rings. The summed E-state index contributed by atoms with van der Waals surface area (Å²) < 4.78 is 1.98. The molecule has 10 heteroatoms. The van der Waals surface area contributed by atoms with Crippen LogP contribution in [-0.4, -0.2) is 17.7 Å². The van der Waals surface area contributed by atoms with E-state index in [2.05, 4.69) is 55.8 Å². The van der Waals surface area contributed by atoms with Crippen LogP contribution in [0.5, 0.6) is 0 Å². The van der Waals surface area contributed by atoms with Gasteiger partial charge in [-0.2, -0.15) is 0 Å². The predicted octanol–water partition coefficient (Wildman–Crippen LogP) is 7.76. The highest BCUT2D eigenvalue weighted by molar-refractivity contribution is 14.1. The summed E-state index contributed by atoms with van der Waals surface area (Å²) in [5.74, 6) is 0. The summed E-state index contributed by atoms with van der Waals surface area (Å²) in [5, 5.41) is 32.0. The predicted molar refractivity (Wildman–Crippen MR) is 182 cm³/mol. The first kappa shape index (κ1) is 31.7. The molecule has 4 rings (SSSR count). The summed E-state index contributed by atoms with van der Waals surface area (Å²) in [6.45, 7) is 0. The van der Waals surface area contributed by atoms with Crippen LogP contribution in [-0.2, 0) is 14.1 Å². The highest BCUT2D eigenvalue weighted by Crippen LogP contribution is 2.32. The zero-order chi connectivity index (χ0) is 28.9. The van der Waals surface area contributed by atoms with Gasteiger partial charge in [-0.15, -0.1) is 0 Å². The molecule has 40 heavy (non-hydrogen) atoms. The van der Waals surface area contributed by atoms with E-state index in [1.807, 2.05) is 84.2 Å². The number of nitrogens with one attached hydrogen (secondary N) is 2. The second-order valence-corrected chi connectivity index (χ2v) is 14.8. The molecule has 0 fully saturated rings. The second kappa shape index (κ2) is 13.9. The van der Waals surface area contributed by atoms with Crippen molar-refractivity contribution < 1.29 is 19.3 Å². The molecule has 2 heterocycles. The molecular formula is C30H36Cl2I2N4O2+2. The minimum atomic E-state index is -1.03. The van der Waals surface area contributed by atoms with E-state index in [0.717, 1.165) is 71.7 Å². The number of pyridine rings is 2. The van der Waals surface area contributed by atoms with Crippen molar-refractivity contribution in [3.05, 3.63) is 71.0 Å². The van der Waals surface area contributed by atoms with Crippen LogP contribution < -0.4 is 19.8 Å². The summed E-state index contributed by atoms with van der Waals surface area (Å²) in [4.78, 5) is 0. The van der Waals surface area contributed by atoms with E-state index in [4.69, 9.17) is 23.2 Å². The Balaban J connectivity index is 1.18. The molecule has 214 valence electrons. The van der Waals surface area contributed by atoms with Gasteiger partial charge in [0.25, 0.3) is 0 Å². The minimum Gasteiger partial charge on any atom is -0.363 e. The number of benzene rings is 2. The van der Waals surface area contributed by atoms with E-state index >= 15 is 0 Å². The highest BCUT2D eigenvalue weighted by Gasteiger charge is 2.25. The van der Waals surface area contributed by atoms with E-state index in [0.29, 0.717) is 22.9 Å². The van der Waals surface area contributed by atoms with Gasteiger partial charge in [-0.05, 0) is 82.3 Å². The van der Waals surface area contributed by atoms with Crippen LogP contribution in [0.2, 0.25) is 10.0 Å². The molecule has 0 aliphatic rings. The smallest absolute Gasteiger partial charge is 0.215 e. The molecule has 0 aliphatic heterocycles. The van der Waals surface area contributed by atoms with E-state index in [1.54, 1.807) is 0 Å². The molecule has 0 aliphatic carbocycles. The average Bonchev–Trinajstić information content (AvgIpc) is 2.89. The summed E-state index contributed by atoms with van der Waals surface area (Å²) in [7, 11) is 3.97. The summed E-state index contributed by atoms with van der Waals surface area (Å²) in [5.41, 5.74) is 3.80. The van der Waals surface area contributed by atoms with Gasteiger partial charge in [-0.1, -0.05) is 48.9 Å². The lowest BCUT2D eigenvalue weighted by atomic mass is 10.1. The van der Waals surface area contributed by atoms with Gasteiger partial charge in [-0.3, -0.25) is 0 Å². The Labute approximate surface area is 273 Å². The summed E-state index contributed by atoms with van der Waals surface area (Å²) in [6, 6.07) is 15.5. The fourth-order valence-electron chi connectivity index (χ4n) is 4.94. The molecule has 0 saturated heterocycles. The van der Waals surface area contributed by atoms with Gasteiger partial charge in [0.2, 0.25) is 11.0 Å². The second-order valence-electron chi connectivity index (χ2n) is 10.4. The van der Waals surface area contributed by atoms with Crippen LogP contribution >= 0.6 is 68.4 Å². The van der Waals surface area contributed by atoms with Gasteiger partial charge in [0.05, 0.1) is 22.1 Å². The van der Waals surface area contributed by atoms with Crippen molar-refractivity contribution in [3.63, 3.8) is 0 Å². The first-order valence-corrected chi connectivity index (χ1v) is 16.4. The topological polar surface area (TPSA) is 72.3 Å². The number of aromatic nitrogens is 2. The number of aliphatic hydroxyl groups is 2. The molecule has 0 saturated carbocycles. The van der Waals surface area contributed by atoms with Crippen LogP contribution in [0.25, 0.3) is 21.8 Å². The number of nitrogens with zero attached hydrogens (tertiary/aromatic N) is 2. The lowest BCUT2D eigenvalue weighted by Crippen LogP contribution is -2.33. The van der Waals surface area contributed by atoms with Crippen molar-refractivity contribution in [1.82, 2.24) is 0 Å². The lowest BCUT2D eigenvalue weighted by molar-refractivity contribution is -0.644. The molecule has 2 atom stereocenters. The van der Waals surface area contributed by atoms with Crippen LogP contribution in [0.3, 0.4) is 0 Å². The molecule has 0 bridgehead atoms. The molecule has 2 aromatic heterocycles. The van der Waals surface area contributed by atoms with Crippen molar-refractivity contribution >= 4 is 102 Å². The fourth-order valence-corrected chi connectivity index (χ4v) is 6.62. The van der Waals surface area contributed by atoms with Gasteiger partial charge in [0.15, 0.2) is 19.9 Å². The summed E-state index contributed by atoms with van der Waals surface area (Å²) >= 11 is 16.6. The zero-order valence-electron chi connectivity index (χ0n) is 22.7. The van der Waals surface area contributed by atoms with Gasteiger partial charge in [0, 0.05) is 47.2 Å². The van der Waals surface area contributed by atoms with Crippen molar-refractivity contribution in [2.45, 2.75) is 58.8 Å². The molecule has 0 spiro atoms. The Bertz CT molecular complexity index is 1370. The largest absolute Gasteiger partial charge is 0.363 e. The normalized spacial score (nSPS) is 14.7. The maximum absolute atomic E-state index is 11.0. The van der Waals surface area contributed by atoms with Gasteiger partial charge < -0.3 is 20.8 Å². The first-order chi connectivity index (χ1) is 18.9. The number of unbranched alkanes of at least 4 members (excludes halogenated alkanes) is 5. The zero-order valence-corrected chi connectivity index (χ0v) is 28.6. The van der Waals surface area contributed by atoms with Gasteiger partial charge in [0.1, 0.15) is 14.1 Å². The van der Waals surface area contributed by atoms with E-state index < -0.39 is 7.46 Å². The monoisotopic (exact) mass is 808 g/mol. The quantitative estimate of drug-likeness (QED) is 0.0279. The van der Waals surface area contributed by atoms with Gasteiger partial charge >= 0.3 is 0 Å². The Morgan fingerprint density at radius 1 is 0.650 bits per heavy atom. The number of rotatable bonds is 13. The molecule has 0 amide bonds. The number of aryl methyl sites for hydroxylation is 2. The van der Waals surface area contributed by atoms with E-state index in [1.165, 1.54) is 0 Å². The Hall–Kier alpha value is -1.18. The number of alkyl halides is 2. The van der Waals surface area contributed by atoms with Crippen molar-refractivity contribution in [3.8, 4) is 0 Å². The van der Waals surface area contributed by atoms with Crippen molar-refractivity contribution in [2.24, 2.45) is 14.1 Å². The third-order valence-electron chi connectivity index (χ3n) is 7.11. The Morgan fingerprint density at radius 3 is 1.43 bits per heavy atom. The van der Waals surface area contributed by atoms with Crippen LogP contribution in [0, 0.1) is 0 Å². The van der Waals surface area contributed by atoms with Crippen molar-refractivity contribution in [1.29, 1.82) is 0 Å². The minimum absolute atomic E-state index is 0.648. The number of fused-ring (bicyclic) bond motifs is 2.